The third-order valence-corrected chi connectivity index (χ3v) is 4.82. The van der Waals surface area contributed by atoms with Crippen molar-refractivity contribution in [1.82, 2.24) is 4.31 Å². The maximum atomic E-state index is 12.4. The van der Waals surface area contributed by atoms with Crippen LogP contribution in [0, 0.1) is 17.0 Å². The van der Waals surface area contributed by atoms with E-state index in [0.29, 0.717) is 5.56 Å². The highest BCUT2D eigenvalue weighted by molar-refractivity contribution is 7.89. The number of methoxy groups -OCH3 is 1. The first-order valence-corrected chi connectivity index (χ1v) is 7.50. The normalized spacial score (nSPS) is 11.4. The Bertz CT molecular complexity index is 656. The zero-order valence-corrected chi connectivity index (χ0v) is 12.7. The Morgan fingerprint density at radius 3 is 2.52 bits per heavy atom. The van der Waals surface area contributed by atoms with Crippen molar-refractivity contribution in [3.05, 3.63) is 33.9 Å². The first-order valence-electron chi connectivity index (χ1n) is 6.06. The van der Waals surface area contributed by atoms with Crippen LogP contribution in [-0.2, 0) is 19.6 Å². The van der Waals surface area contributed by atoms with E-state index >= 15 is 0 Å². The Morgan fingerprint density at radius 1 is 1.43 bits per heavy atom. The van der Waals surface area contributed by atoms with E-state index in [0.717, 1.165) is 17.5 Å². The molecule has 0 bridgehead atoms. The van der Waals surface area contributed by atoms with E-state index in [1.54, 1.807) is 6.92 Å². The average Bonchev–Trinajstić information content (AvgIpc) is 2.43. The lowest BCUT2D eigenvalue weighted by molar-refractivity contribution is -0.385. The summed E-state index contributed by atoms with van der Waals surface area (Å²) in [6.07, 6.45) is 0. The molecule has 116 valence electrons. The Hall–Kier alpha value is -2.00. The Morgan fingerprint density at radius 2 is 2.05 bits per heavy atom. The molecule has 0 saturated carbocycles. The van der Waals surface area contributed by atoms with Gasteiger partial charge in [-0.3, -0.25) is 14.9 Å². The minimum atomic E-state index is -4.00. The first-order chi connectivity index (χ1) is 9.73. The summed E-state index contributed by atoms with van der Waals surface area (Å²) in [5, 5.41) is 10.9. The molecule has 8 nitrogen and oxygen atoms in total. The van der Waals surface area contributed by atoms with Crippen LogP contribution in [0.25, 0.3) is 0 Å². The minimum Gasteiger partial charge on any atom is -0.468 e. The molecule has 0 heterocycles. The van der Waals surface area contributed by atoms with Crippen LogP contribution >= 0.6 is 0 Å². The zero-order valence-electron chi connectivity index (χ0n) is 11.9. The molecule has 0 unspecified atom stereocenters. The quantitative estimate of drug-likeness (QED) is 0.441. The minimum absolute atomic E-state index is 0.0408. The summed E-state index contributed by atoms with van der Waals surface area (Å²) in [5.74, 6) is -0.706. The topological polar surface area (TPSA) is 107 Å². The molecule has 0 N–H and O–H groups in total. The highest BCUT2D eigenvalue weighted by atomic mass is 32.2. The van der Waals surface area contributed by atoms with Crippen LogP contribution in [0.1, 0.15) is 12.5 Å². The van der Waals surface area contributed by atoms with E-state index in [-0.39, 0.29) is 17.1 Å². The molecule has 1 rings (SSSR count). The molecule has 1 aromatic carbocycles. The van der Waals surface area contributed by atoms with Gasteiger partial charge in [0.15, 0.2) is 0 Å². The number of sulfonamides is 1. The summed E-state index contributed by atoms with van der Waals surface area (Å²) in [4.78, 5) is 21.3. The van der Waals surface area contributed by atoms with Crippen LogP contribution in [0.2, 0.25) is 0 Å². The van der Waals surface area contributed by atoms with Crippen molar-refractivity contribution < 1.29 is 22.9 Å². The van der Waals surface area contributed by atoms with Gasteiger partial charge >= 0.3 is 5.97 Å². The molecule has 0 aromatic heterocycles. The smallest absolute Gasteiger partial charge is 0.321 e. The number of ether oxygens (including phenoxy) is 1. The summed E-state index contributed by atoms with van der Waals surface area (Å²) in [6.45, 7) is 2.67. The van der Waals surface area contributed by atoms with Crippen LogP contribution in [0.3, 0.4) is 0 Å². The number of carbonyl (C=O) groups excluding carboxylic acids is 1. The van der Waals surface area contributed by atoms with Gasteiger partial charge in [0.1, 0.15) is 6.54 Å². The summed E-state index contributed by atoms with van der Waals surface area (Å²) in [6, 6.07) is 3.62. The lowest BCUT2D eigenvalue weighted by Gasteiger charge is -2.19. The molecule has 0 fully saturated rings. The summed E-state index contributed by atoms with van der Waals surface area (Å²) < 4.78 is 30.1. The first kappa shape index (κ1) is 17.1. The number of rotatable bonds is 6. The van der Waals surface area contributed by atoms with Crippen molar-refractivity contribution in [2.45, 2.75) is 18.7 Å². The molecule has 21 heavy (non-hydrogen) atoms. The van der Waals surface area contributed by atoms with Crippen molar-refractivity contribution >= 4 is 21.7 Å². The number of hydrogen-bond acceptors (Lipinski definition) is 6. The fourth-order valence-corrected chi connectivity index (χ4v) is 3.08. The van der Waals surface area contributed by atoms with Gasteiger partial charge in [-0.2, -0.15) is 4.31 Å². The Kier molecular flexibility index (Phi) is 5.39. The van der Waals surface area contributed by atoms with Crippen LogP contribution < -0.4 is 0 Å². The number of likely N-dealkylation sites (N-methyl/N-ethyl adjacent to an activating group) is 1. The van der Waals surface area contributed by atoms with Crippen molar-refractivity contribution in [2.75, 3.05) is 20.2 Å². The molecule has 0 atom stereocenters. The molecule has 0 amide bonds. The zero-order chi connectivity index (χ0) is 16.2. The molecule has 9 heteroatoms. The van der Waals surface area contributed by atoms with Gasteiger partial charge in [0, 0.05) is 18.2 Å². The van der Waals surface area contributed by atoms with E-state index in [2.05, 4.69) is 4.74 Å². The molecule has 0 saturated heterocycles. The lowest BCUT2D eigenvalue weighted by atomic mass is 10.2. The van der Waals surface area contributed by atoms with Crippen molar-refractivity contribution in [3.63, 3.8) is 0 Å². The number of aryl methyl sites for hydroxylation is 1. The number of nitro groups is 1. The van der Waals surface area contributed by atoms with E-state index in [9.17, 15) is 23.3 Å². The van der Waals surface area contributed by atoms with Crippen LogP contribution in [0.15, 0.2) is 23.1 Å². The highest BCUT2D eigenvalue weighted by Gasteiger charge is 2.27. The molecule has 0 spiro atoms. The van der Waals surface area contributed by atoms with Crippen LogP contribution in [0.4, 0.5) is 5.69 Å². The van der Waals surface area contributed by atoms with Crippen LogP contribution in [-0.4, -0.2) is 43.8 Å². The van der Waals surface area contributed by atoms with Gasteiger partial charge in [-0.15, -0.1) is 0 Å². The molecular weight excluding hydrogens is 300 g/mol. The Labute approximate surface area is 122 Å². The second-order valence-electron chi connectivity index (χ2n) is 4.21. The summed E-state index contributed by atoms with van der Waals surface area (Å²) in [7, 11) is -2.85. The molecule has 1 aromatic rings. The molecule has 0 aliphatic rings. The van der Waals surface area contributed by atoms with Gasteiger partial charge in [0.25, 0.3) is 5.69 Å². The monoisotopic (exact) mass is 316 g/mol. The fourth-order valence-electron chi connectivity index (χ4n) is 1.67. The van der Waals surface area contributed by atoms with Gasteiger partial charge < -0.3 is 4.74 Å². The highest BCUT2D eigenvalue weighted by Crippen LogP contribution is 2.24. The third kappa shape index (κ3) is 3.76. The second-order valence-corrected chi connectivity index (χ2v) is 6.15. The SMILES string of the molecule is CCN(CC(=O)OC)S(=O)(=O)c1ccc(C)c([N+](=O)[O-])c1. The lowest BCUT2D eigenvalue weighted by Crippen LogP contribution is -2.36. The maximum absolute atomic E-state index is 12.4. The molecular formula is C12H16N2O6S. The van der Waals surface area contributed by atoms with Crippen molar-refractivity contribution in [1.29, 1.82) is 0 Å². The maximum Gasteiger partial charge on any atom is 0.321 e. The van der Waals surface area contributed by atoms with E-state index in [4.69, 9.17) is 0 Å². The predicted molar refractivity (Wildman–Crippen MR) is 74.3 cm³/mol. The van der Waals surface area contributed by atoms with Gasteiger partial charge in [-0.05, 0) is 13.0 Å². The predicted octanol–water partition coefficient (Wildman–Crippen LogP) is 1.09. The number of esters is 1. The largest absolute Gasteiger partial charge is 0.468 e. The number of nitrogens with zero attached hydrogens (tertiary/aromatic N) is 2. The fraction of sp³-hybridized carbons (Fsp3) is 0.417. The average molecular weight is 316 g/mol. The standard InChI is InChI=1S/C12H16N2O6S/c1-4-13(8-12(15)20-3)21(18,19)10-6-5-9(2)11(7-10)14(16)17/h5-7H,4,8H2,1-3H3. The van der Waals surface area contributed by atoms with Gasteiger partial charge in [-0.1, -0.05) is 13.0 Å². The number of benzene rings is 1. The molecule has 0 radical (unpaired) electrons. The summed E-state index contributed by atoms with van der Waals surface area (Å²) >= 11 is 0. The van der Waals surface area contributed by atoms with Gasteiger partial charge in [-0.25, -0.2) is 8.42 Å². The Balaban J connectivity index is 3.26. The van der Waals surface area contributed by atoms with Gasteiger partial charge in [0.05, 0.1) is 16.9 Å². The number of nitro benzene ring substituents is 1. The summed E-state index contributed by atoms with van der Waals surface area (Å²) in [5.41, 5.74) is 0.0696. The number of hydrogen-bond donors (Lipinski definition) is 0. The molecule has 0 aliphatic heterocycles. The van der Waals surface area contributed by atoms with Gasteiger partial charge in [0.2, 0.25) is 10.0 Å². The molecule has 0 aliphatic carbocycles. The van der Waals surface area contributed by atoms with E-state index in [1.807, 2.05) is 0 Å². The van der Waals surface area contributed by atoms with E-state index < -0.39 is 27.5 Å². The van der Waals surface area contributed by atoms with Crippen molar-refractivity contribution in [2.24, 2.45) is 0 Å². The second kappa shape index (κ2) is 6.64. The third-order valence-electron chi connectivity index (χ3n) is 2.90. The van der Waals surface area contributed by atoms with Crippen molar-refractivity contribution in [3.8, 4) is 0 Å². The number of carbonyl (C=O) groups is 1. The van der Waals surface area contributed by atoms with E-state index in [1.165, 1.54) is 19.1 Å². The van der Waals surface area contributed by atoms with Crippen LogP contribution in [0.5, 0.6) is 0 Å².